The predicted octanol–water partition coefficient (Wildman–Crippen LogP) is 3.43. The molecular weight excluding hydrogens is 405 g/mol. The Labute approximate surface area is 167 Å². The summed E-state index contributed by atoms with van der Waals surface area (Å²) in [6.07, 6.45) is 0.640. The van der Waals surface area contributed by atoms with E-state index in [1.807, 2.05) is 18.2 Å². The highest BCUT2D eigenvalue weighted by molar-refractivity contribution is 7.99. The minimum absolute atomic E-state index is 0.137. The topological polar surface area (TPSA) is 65.1 Å². The summed E-state index contributed by atoms with van der Waals surface area (Å²) in [5, 5.41) is 0.143. The Hall–Kier alpha value is -1.97. The number of rotatable bonds is 4. The van der Waals surface area contributed by atoms with E-state index in [9.17, 15) is 12.8 Å². The maximum atomic E-state index is 13.7. The van der Waals surface area contributed by atoms with Gasteiger partial charge in [0.2, 0.25) is 16.8 Å². The Balaban J connectivity index is 1.55. The van der Waals surface area contributed by atoms with Crippen molar-refractivity contribution in [3.8, 4) is 17.2 Å². The zero-order valence-electron chi connectivity index (χ0n) is 15.3. The van der Waals surface area contributed by atoms with Gasteiger partial charge in [-0.1, -0.05) is 6.07 Å². The predicted molar refractivity (Wildman–Crippen MR) is 104 cm³/mol. The quantitative estimate of drug-likeness (QED) is 0.748. The Morgan fingerprint density at radius 2 is 1.96 bits per heavy atom. The molecule has 0 spiro atoms. The molecule has 2 aromatic rings. The van der Waals surface area contributed by atoms with Crippen molar-refractivity contribution < 1.29 is 27.0 Å². The third-order valence-corrected chi connectivity index (χ3v) is 8.06. The van der Waals surface area contributed by atoms with Crippen LogP contribution < -0.4 is 14.2 Å². The van der Waals surface area contributed by atoms with Crippen molar-refractivity contribution in [2.45, 2.75) is 16.6 Å². The first-order valence-electron chi connectivity index (χ1n) is 8.84. The minimum atomic E-state index is -3.86. The molecule has 1 saturated heterocycles. The molecule has 1 unspecified atom stereocenters. The van der Waals surface area contributed by atoms with Crippen LogP contribution in [0.3, 0.4) is 0 Å². The highest BCUT2D eigenvalue weighted by Crippen LogP contribution is 2.41. The van der Waals surface area contributed by atoms with Crippen LogP contribution in [0.15, 0.2) is 41.3 Å². The Morgan fingerprint density at radius 3 is 2.79 bits per heavy atom. The fraction of sp³-hybridized carbons (Fsp3) is 0.368. The summed E-state index contributed by atoms with van der Waals surface area (Å²) in [4.78, 5) is -0.137. The molecule has 28 heavy (non-hydrogen) atoms. The number of sulfonamides is 1. The fourth-order valence-corrected chi connectivity index (χ4v) is 6.32. The van der Waals surface area contributed by atoms with Crippen molar-refractivity contribution in [2.75, 3.05) is 32.7 Å². The van der Waals surface area contributed by atoms with Gasteiger partial charge in [0, 0.05) is 24.1 Å². The van der Waals surface area contributed by atoms with Gasteiger partial charge in [-0.2, -0.15) is 16.1 Å². The summed E-state index contributed by atoms with van der Waals surface area (Å²) in [6.45, 7) is 0.917. The van der Waals surface area contributed by atoms with E-state index in [2.05, 4.69) is 0 Å². The van der Waals surface area contributed by atoms with Crippen LogP contribution in [0.4, 0.5) is 4.39 Å². The van der Waals surface area contributed by atoms with Crippen LogP contribution in [0, 0.1) is 5.82 Å². The smallest absolute Gasteiger partial charge is 0.246 e. The van der Waals surface area contributed by atoms with Crippen molar-refractivity contribution in [1.82, 2.24) is 4.31 Å². The summed E-state index contributed by atoms with van der Waals surface area (Å²) < 4.78 is 57.2. The van der Waals surface area contributed by atoms with E-state index >= 15 is 0 Å². The van der Waals surface area contributed by atoms with Gasteiger partial charge < -0.3 is 14.2 Å². The fourth-order valence-electron chi connectivity index (χ4n) is 3.36. The molecule has 0 radical (unpaired) electrons. The average molecular weight is 426 g/mol. The van der Waals surface area contributed by atoms with Crippen LogP contribution in [0.1, 0.15) is 17.2 Å². The van der Waals surface area contributed by atoms with Crippen molar-refractivity contribution in [3.05, 3.63) is 47.8 Å². The number of halogens is 1. The molecule has 4 rings (SSSR count). The maximum Gasteiger partial charge on any atom is 0.246 e. The van der Waals surface area contributed by atoms with Gasteiger partial charge in [0.15, 0.2) is 11.5 Å². The summed E-state index contributed by atoms with van der Waals surface area (Å²) >= 11 is 1.70. The van der Waals surface area contributed by atoms with Crippen LogP contribution in [-0.4, -0.2) is 45.5 Å². The lowest BCUT2D eigenvalue weighted by atomic mass is 10.1. The van der Waals surface area contributed by atoms with Gasteiger partial charge in [0.05, 0.1) is 7.11 Å². The molecule has 0 amide bonds. The second-order valence-electron chi connectivity index (χ2n) is 6.46. The standard InChI is InChI=1S/C19H20FNO5S2/c1-24-16-5-3-14(20)11-19(16)28(22,23)21-7-6-18(27-9-8-21)13-2-4-15-17(10-13)26-12-25-15/h2-5,10-11,18H,6-9,12H2,1H3. The van der Waals surface area contributed by atoms with E-state index < -0.39 is 15.8 Å². The summed E-state index contributed by atoms with van der Waals surface area (Å²) in [5.41, 5.74) is 1.08. The number of benzene rings is 2. The molecule has 2 aliphatic heterocycles. The lowest BCUT2D eigenvalue weighted by Gasteiger charge is -2.21. The van der Waals surface area contributed by atoms with Gasteiger partial charge in [0.1, 0.15) is 16.5 Å². The molecule has 2 aromatic carbocycles. The zero-order chi connectivity index (χ0) is 19.7. The van der Waals surface area contributed by atoms with E-state index in [-0.39, 0.29) is 22.7 Å². The van der Waals surface area contributed by atoms with E-state index in [1.165, 1.54) is 23.5 Å². The molecule has 0 aromatic heterocycles. The molecule has 1 fully saturated rings. The second kappa shape index (κ2) is 7.81. The highest BCUT2D eigenvalue weighted by atomic mass is 32.2. The lowest BCUT2D eigenvalue weighted by molar-refractivity contribution is 0.174. The van der Waals surface area contributed by atoms with Gasteiger partial charge in [-0.3, -0.25) is 0 Å². The van der Waals surface area contributed by atoms with Crippen molar-refractivity contribution in [1.29, 1.82) is 0 Å². The zero-order valence-corrected chi connectivity index (χ0v) is 16.9. The van der Waals surface area contributed by atoms with Crippen LogP contribution in [0.25, 0.3) is 0 Å². The number of hydrogen-bond donors (Lipinski definition) is 0. The summed E-state index contributed by atoms with van der Waals surface area (Å²) in [6, 6.07) is 9.37. The third-order valence-electron chi connectivity index (χ3n) is 4.81. The number of fused-ring (bicyclic) bond motifs is 1. The number of nitrogens with zero attached hydrogens (tertiary/aromatic N) is 1. The number of hydrogen-bond acceptors (Lipinski definition) is 6. The van der Waals surface area contributed by atoms with Crippen molar-refractivity contribution in [2.24, 2.45) is 0 Å². The van der Waals surface area contributed by atoms with E-state index in [1.54, 1.807) is 11.8 Å². The van der Waals surface area contributed by atoms with Gasteiger partial charge in [-0.15, -0.1) is 0 Å². The second-order valence-corrected chi connectivity index (χ2v) is 9.68. The number of thioether (sulfide) groups is 1. The van der Waals surface area contributed by atoms with Crippen LogP contribution >= 0.6 is 11.8 Å². The molecule has 0 N–H and O–H groups in total. The molecule has 0 aliphatic carbocycles. The maximum absolute atomic E-state index is 13.7. The molecular formula is C19H20FNO5S2. The van der Waals surface area contributed by atoms with E-state index in [0.29, 0.717) is 25.3 Å². The first kappa shape index (κ1) is 19.4. The van der Waals surface area contributed by atoms with Crippen LogP contribution in [0.5, 0.6) is 17.2 Å². The molecule has 1 atom stereocenters. The molecule has 9 heteroatoms. The normalized spacial score (nSPS) is 20.0. The summed E-state index contributed by atoms with van der Waals surface area (Å²) in [5.74, 6) is 1.62. The highest BCUT2D eigenvalue weighted by Gasteiger charge is 2.31. The number of ether oxygens (including phenoxy) is 3. The SMILES string of the molecule is COc1ccc(F)cc1S(=O)(=O)N1CCSC(c2ccc3c(c2)OCO3)CC1. The molecule has 0 bridgehead atoms. The first-order valence-corrected chi connectivity index (χ1v) is 11.3. The molecule has 150 valence electrons. The molecule has 6 nitrogen and oxygen atoms in total. The molecule has 2 aliphatic rings. The van der Waals surface area contributed by atoms with Gasteiger partial charge >= 0.3 is 0 Å². The minimum Gasteiger partial charge on any atom is -0.495 e. The summed E-state index contributed by atoms with van der Waals surface area (Å²) in [7, 11) is -2.48. The number of methoxy groups -OCH3 is 1. The van der Waals surface area contributed by atoms with E-state index in [0.717, 1.165) is 23.1 Å². The van der Waals surface area contributed by atoms with Crippen LogP contribution in [-0.2, 0) is 10.0 Å². The average Bonchev–Trinajstić information content (AvgIpc) is 3.01. The first-order chi connectivity index (χ1) is 13.5. The molecule has 2 heterocycles. The Kier molecular flexibility index (Phi) is 5.39. The third kappa shape index (κ3) is 3.66. The van der Waals surface area contributed by atoms with Crippen LogP contribution in [0.2, 0.25) is 0 Å². The van der Waals surface area contributed by atoms with Gasteiger partial charge in [-0.05, 0) is 42.3 Å². The largest absolute Gasteiger partial charge is 0.495 e. The van der Waals surface area contributed by atoms with Crippen molar-refractivity contribution >= 4 is 21.8 Å². The Morgan fingerprint density at radius 1 is 1.14 bits per heavy atom. The Bertz CT molecular complexity index is 982. The van der Waals surface area contributed by atoms with Gasteiger partial charge in [0.25, 0.3) is 0 Å². The van der Waals surface area contributed by atoms with E-state index in [4.69, 9.17) is 14.2 Å². The van der Waals surface area contributed by atoms with Gasteiger partial charge in [-0.25, -0.2) is 12.8 Å². The molecule has 0 saturated carbocycles. The van der Waals surface area contributed by atoms with Crippen molar-refractivity contribution in [3.63, 3.8) is 0 Å². The lowest BCUT2D eigenvalue weighted by Crippen LogP contribution is -2.33. The monoisotopic (exact) mass is 425 g/mol.